The topological polar surface area (TPSA) is 149 Å². The number of phosphoric acid groups is 1. The van der Waals surface area contributed by atoms with Gasteiger partial charge in [-0.15, -0.1) is 0 Å². The summed E-state index contributed by atoms with van der Waals surface area (Å²) in [5.74, 6) is 1.56. The summed E-state index contributed by atoms with van der Waals surface area (Å²) in [6, 6.07) is 3.21. The third-order valence-corrected chi connectivity index (χ3v) is 7.06. The number of rotatable bonds is 11. The summed E-state index contributed by atoms with van der Waals surface area (Å²) in [6.07, 6.45) is -0.814. The molecule has 1 amide bonds. The number of ether oxygens (including phenoxy) is 1. The number of aliphatic hydroxyl groups is 2. The molecule has 4 atom stereocenters. The van der Waals surface area contributed by atoms with E-state index in [1.165, 1.54) is 10.8 Å². The van der Waals surface area contributed by atoms with E-state index in [9.17, 15) is 19.6 Å². The van der Waals surface area contributed by atoms with Gasteiger partial charge in [0.2, 0.25) is 0 Å². The van der Waals surface area contributed by atoms with Crippen LogP contribution in [0, 0.1) is 0 Å². The number of hydrogen-bond acceptors (Lipinski definition) is 8. The summed E-state index contributed by atoms with van der Waals surface area (Å²) >= 11 is 0. The van der Waals surface area contributed by atoms with Gasteiger partial charge in [0.15, 0.2) is 18.5 Å². The fourth-order valence-electron chi connectivity index (χ4n) is 2.58. The highest BCUT2D eigenvalue weighted by Crippen LogP contribution is 2.37. The average molecular weight is 469 g/mol. The monoisotopic (exact) mass is 469 g/mol. The van der Waals surface area contributed by atoms with E-state index in [0.717, 1.165) is 17.9 Å². The first kappa shape index (κ1) is 24.6. The van der Waals surface area contributed by atoms with Gasteiger partial charge >= 0.3 is 7.82 Å². The third-order valence-electron chi connectivity index (χ3n) is 3.96. The summed E-state index contributed by atoms with van der Waals surface area (Å²) in [5.41, 5.74) is 0.346. The highest BCUT2D eigenvalue weighted by atomic mass is 33.1. The van der Waals surface area contributed by atoms with E-state index in [1.807, 2.05) is 0 Å². The fraction of sp³-hybridized carbons (Fsp3) is 0.625. The predicted octanol–water partition coefficient (Wildman–Crippen LogP) is 0.224. The molecular weight excluding hydrogens is 443 g/mol. The van der Waals surface area contributed by atoms with Crippen LogP contribution in [-0.4, -0.2) is 68.9 Å². The van der Waals surface area contributed by atoms with Crippen LogP contribution in [0.25, 0.3) is 0 Å². The van der Waals surface area contributed by atoms with Gasteiger partial charge < -0.3 is 30.1 Å². The molecule has 1 fully saturated rings. The normalized spacial score (nSPS) is 24.6. The van der Waals surface area contributed by atoms with Gasteiger partial charge in [0.1, 0.15) is 17.8 Å². The lowest BCUT2D eigenvalue weighted by molar-refractivity contribution is -0.765. The van der Waals surface area contributed by atoms with Crippen molar-refractivity contribution in [2.24, 2.45) is 0 Å². The molecule has 1 aliphatic rings. The van der Waals surface area contributed by atoms with Gasteiger partial charge in [-0.3, -0.25) is 9.32 Å². The Kier molecular flexibility index (Phi) is 9.86. The maximum Gasteiger partial charge on any atom is 0.469 e. The summed E-state index contributed by atoms with van der Waals surface area (Å²) in [4.78, 5) is 29.9. The van der Waals surface area contributed by atoms with Gasteiger partial charge in [-0.05, 0) is 12.5 Å². The number of carbonyl (C=O) groups is 1. The summed E-state index contributed by atoms with van der Waals surface area (Å²) in [5, 5.41) is 23.1. The second-order valence-corrected chi connectivity index (χ2v) is 10.2. The van der Waals surface area contributed by atoms with Crippen LogP contribution in [0.1, 0.15) is 29.9 Å². The second-order valence-electron chi connectivity index (χ2n) is 6.27. The zero-order valence-corrected chi connectivity index (χ0v) is 18.3. The van der Waals surface area contributed by atoms with Gasteiger partial charge in [-0.25, -0.2) is 4.57 Å². The van der Waals surface area contributed by atoms with Crippen molar-refractivity contribution in [1.82, 2.24) is 5.32 Å². The molecule has 2 rings (SSSR count). The predicted molar refractivity (Wildman–Crippen MR) is 108 cm³/mol. The van der Waals surface area contributed by atoms with Crippen LogP contribution in [0.3, 0.4) is 0 Å². The average Bonchev–Trinajstić information content (AvgIpc) is 2.97. The number of carbonyl (C=O) groups excluding carboxylic acids is 1. The number of phosphoric ester groups is 1. The van der Waals surface area contributed by atoms with Gasteiger partial charge in [-0.2, -0.15) is 4.57 Å². The molecule has 0 unspecified atom stereocenters. The van der Waals surface area contributed by atoms with Crippen LogP contribution in [0.15, 0.2) is 24.5 Å². The van der Waals surface area contributed by atoms with E-state index < -0.39 is 39.0 Å². The molecule has 1 aromatic rings. The van der Waals surface area contributed by atoms with Crippen molar-refractivity contribution in [3.8, 4) is 0 Å². The Labute approximate surface area is 176 Å². The lowest BCUT2D eigenvalue weighted by atomic mass is 10.1. The number of pyridine rings is 1. The van der Waals surface area contributed by atoms with Gasteiger partial charge in [0.25, 0.3) is 12.1 Å². The molecule has 29 heavy (non-hydrogen) atoms. The summed E-state index contributed by atoms with van der Waals surface area (Å²) in [6.45, 7) is 2.03. The molecule has 0 aliphatic carbocycles. The Morgan fingerprint density at radius 2 is 2.03 bits per heavy atom. The molecule has 10 nitrogen and oxygen atoms in total. The van der Waals surface area contributed by atoms with Crippen LogP contribution >= 0.6 is 29.4 Å². The maximum absolute atomic E-state index is 12.3. The number of nitrogens with one attached hydrogen (secondary N) is 1. The van der Waals surface area contributed by atoms with Crippen molar-refractivity contribution in [2.75, 3.05) is 24.7 Å². The standard InChI is InChI=1S/C16H25N2O8PS2/c1-2-7-28-29-8-5-17-15(21)11-4-3-6-18(9-11)16-14(20)13(19)12(26-16)10-25-27(22,23)24/h3-4,6,9,12-14,16,19-20H,2,5,7-8,10H2,1H3,(H2-,17,21,22,23,24)/p+1/t12-,13-,14-,16-/m1/s1. The zero-order valence-electron chi connectivity index (χ0n) is 15.8. The number of hydrogen-bond donors (Lipinski definition) is 5. The van der Waals surface area contributed by atoms with Crippen LogP contribution in [-0.2, 0) is 13.8 Å². The number of aromatic nitrogens is 1. The van der Waals surface area contributed by atoms with E-state index in [2.05, 4.69) is 16.8 Å². The lowest BCUT2D eigenvalue weighted by Gasteiger charge is -2.13. The smallest absolute Gasteiger partial charge is 0.387 e. The van der Waals surface area contributed by atoms with Crippen molar-refractivity contribution in [3.05, 3.63) is 30.1 Å². The van der Waals surface area contributed by atoms with Crippen molar-refractivity contribution in [1.29, 1.82) is 0 Å². The van der Waals surface area contributed by atoms with Crippen LogP contribution in [0.5, 0.6) is 0 Å². The minimum absolute atomic E-state index is 0.283. The fourth-order valence-corrected chi connectivity index (χ4v) is 4.96. The van der Waals surface area contributed by atoms with Crippen LogP contribution in [0.2, 0.25) is 0 Å². The summed E-state index contributed by atoms with van der Waals surface area (Å²) in [7, 11) is -1.28. The minimum atomic E-state index is -4.73. The van der Waals surface area contributed by atoms with Gasteiger partial charge in [-0.1, -0.05) is 28.5 Å². The van der Waals surface area contributed by atoms with Crippen LogP contribution < -0.4 is 9.88 Å². The molecule has 2 heterocycles. The number of nitrogens with zero attached hydrogens (tertiary/aromatic N) is 1. The SMILES string of the molecule is CCCSSCCNC(=O)c1ccc[n+]([C@@H]2O[C@H](COP(=O)(O)O)[C@@H](O)[C@H]2O)c1. The molecule has 0 saturated carbocycles. The van der Waals surface area contributed by atoms with E-state index in [1.54, 1.807) is 39.9 Å². The maximum atomic E-state index is 12.3. The van der Waals surface area contributed by atoms with Crippen LogP contribution in [0.4, 0.5) is 0 Å². The molecule has 0 radical (unpaired) electrons. The first-order valence-electron chi connectivity index (χ1n) is 8.98. The van der Waals surface area contributed by atoms with E-state index in [0.29, 0.717) is 12.1 Å². The first-order valence-corrected chi connectivity index (χ1v) is 13.0. The molecule has 0 spiro atoms. The Balaban J connectivity index is 1.94. The Hall–Kier alpha value is -0.690. The first-order chi connectivity index (χ1) is 13.7. The third kappa shape index (κ3) is 7.82. The quantitative estimate of drug-likeness (QED) is 0.132. The van der Waals surface area contributed by atoms with Crippen molar-refractivity contribution in [3.63, 3.8) is 0 Å². The zero-order chi connectivity index (χ0) is 21.4. The molecular formula is C16H26N2O8PS2+. The molecule has 1 aliphatic heterocycles. The molecule has 5 N–H and O–H groups in total. The number of aliphatic hydroxyl groups excluding tert-OH is 2. The molecule has 0 aromatic carbocycles. The molecule has 13 heteroatoms. The molecule has 0 bridgehead atoms. The van der Waals surface area contributed by atoms with Gasteiger partial charge in [0, 0.05) is 24.1 Å². The molecule has 164 valence electrons. The van der Waals surface area contributed by atoms with Crippen molar-refractivity contribution in [2.45, 2.75) is 37.9 Å². The summed E-state index contributed by atoms with van der Waals surface area (Å²) < 4.78 is 22.1. The Morgan fingerprint density at radius 3 is 2.72 bits per heavy atom. The molecule has 1 saturated heterocycles. The van der Waals surface area contributed by atoms with E-state index in [-0.39, 0.29) is 5.91 Å². The van der Waals surface area contributed by atoms with E-state index in [4.69, 9.17) is 14.5 Å². The number of amides is 1. The van der Waals surface area contributed by atoms with Crippen molar-refractivity contribution < 1.29 is 43.2 Å². The lowest BCUT2D eigenvalue weighted by Crippen LogP contribution is -2.46. The van der Waals surface area contributed by atoms with Gasteiger partial charge in [0.05, 0.1) is 6.61 Å². The largest absolute Gasteiger partial charge is 0.469 e. The second kappa shape index (κ2) is 11.6. The Morgan fingerprint density at radius 1 is 1.31 bits per heavy atom. The van der Waals surface area contributed by atoms with E-state index >= 15 is 0 Å². The van der Waals surface area contributed by atoms with Crippen molar-refractivity contribution >= 4 is 35.3 Å². The Bertz CT molecular complexity index is 722. The molecule has 1 aromatic heterocycles. The highest BCUT2D eigenvalue weighted by Gasteiger charge is 2.48. The minimum Gasteiger partial charge on any atom is -0.387 e. The highest BCUT2D eigenvalue weighted by molar-refractivity contribution is 8.76.